The van der Waals surface area contributed by atoms with Gasteiger partial charge in [0.25, 0.3) is 0 Å². The summed E-state index contributed by atoms with van der Waals surface area (Å²) in [6.45, 7) is 0. The smallest absolute Gasteiger partial charge is 0.118 e. The number of hydrogen-bond donors (Lipinski definition) is 2. The molecule has 4 rings (SSSR count). The molecule has 1 aliphatic heterocycles. The lowest BCUT2D eigenvalue weighted by Gasteiger charge is -2.27. The zero-order valence-electron chi connectivity index (χ0n) is 12.9. The number of rotatable bonds is 3. The number of benzene rings is 3. The molecule has 114 valence electrons. The maximum atomic E-state index is 5.19. The minimum atomic E-state index is 0.0672. The Kier molecular flexibility index (Phi) is 3.39. The summed E-state index contributed by atoms with van der Waals surface area (Å²) in [5.41, 5.74) is 3.48. The van der Waals surface area contributed by atoms with E-state index in [0.717, 1.165) is 11.3 Å². The van der Waals surface area contributed by atoms with Gasteiger partial charge in [0, 0.05) is 16.8 Å². The summed E-state index contributed by atoms with van der Waals surface area (Å²) >= 11 is 0. The van der Waals surface area contributed by atoms with E-state index in [9.17, 15) is 0 Å². The Morgan fingerprint density at radius 3 is 2.13 bits per heavy atom. The molecule has 0 radical (unpaired) electrons. The highest BCUT2D eigenvalue weighted by Gasteiger charge is 2.16. The van der Waals surface area contributed by atoms with Gasteiger partial charge in [0.15, 0.2) is 0 Å². The van der Waals surface area contributed by atoms with Gasteiger partial charge in [0.1, 0.15) is 11.9 Å². The second-order valence-electron chi connectivity index (χ2n) is 5.61. The number of anilines is 2. The highest BCUT2D eigenvalue weighted by molar-refractivity contribution is 6.04. The van der Waals surface area contributed by atoms with Crippen molar-refractivity contribution in [2.45, 2.75) is 6.17 Å². The molecule has 0 atom stereocenters. The van der Waals surface area contributed by atoms with E-state index in [2.05, 4.69) is 59.2 Å². The molecule has 3 nitrogen and oxygen atoms in total. The molecule has 0 spiro atoms. The van der Waals surface area contributed by atoms with Crippen LogP contribution in [0.1, 0.15) is 5.56 Å². The van der Waals surface area contributed by atoms with E-state index in [-0.39, 0.29) is 6.17 Å². The third-order valence-electron chi connectivity index (χ3n) is 4.12. The molecule has 0 aliphatic carbocycles. The van der Waals surface area contributed by atoms with Gasteiger partial charge in [-0.2, -0.15) is 0 Å². The first kappa shape index (κ1) is 13.7. The van der Waals surface area contributed by atoms with Gasteiger partial charge in [-0.25, -0.2) is 0 Å². The van der Waals surface area contributed by atoms with E-state index in [0.29, 0.717) is 0 Å². The van der Waals surface area contributed by atoms with E-state index in [1.807, 2.05) is 24.3 Å². The van der Waals surface area contributed by atoms with Crippen molar-refractivity contribution in [3.05, 3.63) is 72.3 Å². The second-order valence-corrected chi connectivity index (χ2v) is 5.61. The van der Waals surface area contributed by atoms with E-state index >= 15 is 0 Å². The standard InChI is InChI=1S/C20H18N2O/c1-23-16-11-8-14(9-12-16)10-13-19-21-17-6-2-4-15-5-3-7-18(22-19)20(15)17/h2-13,19,21-22H,1H3/b13-10+. The van der Waals surface area contributed by atoms with Crippen LogP contribution in [0.15, 0.2) is 66.7 Å². The lowest BCUT2D eigenvalue weighted by Crippen LogP contribution is -2.29. The van der Waals surface area contributed by atoms with E-state index in [1.165, 1.54) is 22.1 Å². The third-order valence-corrected chi connectivity index (χ3v) is 4.12. The molecule has 0 bridgehead atoms. The minimum Gasteiger partial charge on any atom is -0.497 e. The van der Waals surface area contributed by atoms with Crippen LogP contribution in [0.3, 0.4) is 0 Å². The van der Waals surface area contributed by atoms with Crippen LogP contribution in [-0.4, -0.2) is 13.3 Å². The molecule has 3 aromatic carbocycles. The fraction of sp³-hybridized carbons (Fsp3) is 0.100. The number of ether oxygens (including phenoxy) is 1. The van der Waals surface area contributed by atoms with Crippen molar-refractivity contribution < 1.29 is 4.74 Å². The van der Waals surface area contributed by atoms with Crippen molar-refractivity contribution in [1.29, 1.82) is 0 Å². The maximum absolute atomic E-state index is 5.19. The van der Waals surface area contributed by atoms with Crippen LogP contribution in [0.5, 0.6) is 5.75 Å². The molecular weight excluding hydrogens is 284 g/mol. The Morgan fingerprint density at radius 1 is 0.870 bits per heavy atom. The van der Waals surface area contributed by atoms with E-state index < -0.39 is 0 Å². The average molecular weight is 302 g/mol. The van der Waals surface area contributed by atoms with E-state index in [1.54, 1.807) is 7.11 Å². The van der Waals surface area contributed by atoms with Crippen LogP contribution in [0, 0.1) is 0 Å². The van der Waals surface area contributed by atoms with Gasteiger partial charge in [-0.3, -0.25) is 0 Å². The van der Waals surface area contributed by atoms with Gasteiger partial charge in [0.2, 0.25) is 0 Å². The van der Waals surface area contributed by atoms with Gasteiger partial charge >= 0.3 is 0 Å². The summed E-state index contributed by atoms with van der Waals surface area (Å²) < 4.78 is 5.19. The van der Waals surface area contributed by atoms with Crippen molar-refractivity contribution in [1.82, 2.24) is 0 Å². The Balaban J connectivity index is 1.59. The van der Waals surface area contributed by atoms with Crippen LogP contribution >= 0.6 is 0 Å². The van der Waals surface area contributed by atoms with E-state index in [4.69, 9.17) is 4.74 Å². The molecule has 1 aliphatic rings. The Labute approximate surface area is 135 Å². The van der Waals surface area contributed by atoms with Gasteiger partial charge in [0.05, 0.1) is 7.11 Å². The molecule has 0 saturated carbocycles. The second kappa shape index (κ2) is 5.69. The fourth-order valence-electron chi connectivity index (χ4n) is 2.97. The summed E-state index contributed by atoms with van der Waals surface area (Å²) in [6.07, 6.45) is 4.31. The molecule has 2 N–H and O–H groups in total. The number of hydrogen-bond acceptors (Lipinski definition) is 3. The molecule has 0 aromatic heterocycles. The fourth-order valence-corrected chi connectivity index (χ4v) is 2.97. The highest BCUT2D eigenvalue weighted by atomic mass is 16.5. The SMILES string of the molecule is COc1ccc(/C=C/C2Nc3cccc4cccc(c34)N2)cc1. The van der Waals surface area contributed by atoms with Crippen molar-refractivity contribution in [3.63, 3.8) is 0 Å². The van der Waals surface area contributed by atoms with Crippen molar-refractivity contribution in [2.75, 3.05) is 17.7 Å². The van der Waals surface area contributed by atoms with Gasteiger partial charge < -0.3 is 15.4 Å². The molecule has 3 aromatic rings. The summed E-state index contributed by atoms with van der Waals surface area (Å²) in [4.78, 5) is 0. The summed E-state index contributed by atoms with van der Waals surface area (Å²) in [7, 11) is 1.68. The largest absolute Gasteiger partial charge is 0.497 e. The van der Waals surface area contributed by atoms with Crippen LogP contribution in [0.25, 0.3) is 16.8 Å². The Hall–Kier alpha value is -2.94. The van der Waals surface area contributed by atoms with Crippen molar-refractivity contribution >= 4 is 28.2 Å². The first-order valence-corrected chi connectivity index (χ1v) is 7.70. The normalized spacial score (nSPS) is 13.8. The predicted molar refractivity (Wildman–Crippen MR) is 97.0 cm³/mol. The van der Waals surface area contributed by atoms with Gasteiger partial charge in [-0.05, 0) is 41.3 Å². The van der Waals surface area contributed by atoms with Crippen LogP contribution < -0.4 is 15.4 Å². The Bertz CT molecular complexity index is 828. The minimum absolute atomic E-state index is 0.0672. The Morgan fingerprint density at radius 2 is 1.52 bits per heavy atom. The first-order valence-electron chi connectivity index (χ1n) is 7.70. The van der Waals surface area contributed by atoms with Gasteiger partial charge in [-0.1, -0.05) is 42.5 Å². The van der Waals surface area contributed by atoms with Crippen LogP contribution in [0.2, 0.25) is 0 Å². The molecule has 0 unspecified atom stereocenters. The van der Waals surface area contributed by atoms with Crippen LogP contribution in [0.4, 0.5) is 11.4 Å². The lowest BCUT2D eigenvalue weighted by atomic mass is 10.0. The molecule has 0 fully saturated rings. The molecule has 23 heavy (non-hydrogen) atoms. The zero-order chi connectivity index (χ0) is 15.6. The summed E-state index contributed by atoms with van der Waals surface area (Å²) in [5.74, 6) is 0.872. The quantitative estimate of drug-likeness (QED) is 0.734. The molecule has 1 heterocycles. The van der Waals surface area contributed by atoms with Crippen LogP contribution in [-0.2, 0) is 0 Å². The number of methoxy groups -OCH3 is 1. The zero-order valence-corrected chi connectivity index (χ0v) is 12.9. The monoisotopic (exact) mass is 302 g/mol. The maximum Gasteiger partial charge on any atom is 0.118 e. The average Bonchev–Trinajstić information content (AvgIpc) is 2.61. The van der Waals surface area contributed by atoms with Crippen molar-refractivity contribution in [3.8, 4) is 5.75 Å². The number of nitrogens with one attached hydrogen (secondary N) is 2. The lowest BCUT2D eigenvalue weighted by molar-refractivity contribution is 0.415. The topological polar surface area (TPSA) is 33.3 Å². The van der Waals surface area contributed by atoms with Gasteiger partial charge in [-0.15, -0.1) is 0 Å². The highest BCUT2D eigenvalue weighted by Crippen LogP contribution is 2.34. The molecule has 0 saturated heterocycles. The predicted octanol–water partition coefficient (Wildman–Crippen LogP) is 4.73. The summed E-state index contributed by atoms with van der Waals surface area (Å²) in [6, 6.07) is 20.7. The third kappa shape index (κ3) is 2.61. The molecule has 0 amide bonds. The summed E-state index contributed by atoms with van der Waals surface area (Å²) in [5, 5.41) is 9.56. The first-order chi connectivity index (χ1) is 11.3. The van der Waals surface area contributed by atoms with Crippen molar-refractivity contribution in [2.24, 2.45) is 0 Å². The molecule has 3 heteroatoms. The molecular formula is C20H18N2O.